The van der Waals surface area contributed by atoms with Crippen LogP contribution in [-0.4, -0.2) is 46.0 Å². The van der Waals surface area contributed by atoms with Gasteiger partial charge in [0.05, 0.1) is 25.1 Å². The predicted molar refractivity (Wildman–Crippen MR) is 127 cm³/mol. The third-order valence-electron chi connectivity index (χ3n) is 6.72. The number of aromatic hydroxyl groups is 1. The second-order valence-electron chi connectivity index (χ2n) is 9.31. The minimum absolute atomic E-state index is 0.0183. The van der Waals surface area contributed by atoms with Gasteiger partial charge in [-0.3, -0.25) is 9.20 Å². The molecule has 35 heavy (non-hydrogen) atoms. The quantitative estimate of drug-likeness (QED) is 0.277. The van der Waals surface area contributed by atoms with E-state index in [2.05, 4.69) is 11.6 Å². The molecule has 1 aliphatic carbocycles. The van der Waals surface area contributed by atoms with Gasteiger partial charge in [-0.25, -0.2) is 13.8 Å². The molecule has 1 saturated heterocycles. The highest BCUT2D eigenvalue weighted by molar-refractivity contribution is 6.02. The Morgan fingerprint density at radius 3 is 2.86 bits per heavy atom. The molecular formula is C27H28F2N2O4. The van der Waals surface area contributed by atoms with Gasteiger partial charge in [-0.05, 0) is 55.0 Å². The molecule has 1 unspecified atom stereocenters. The number of fused-ring (bicyclic) bond motifs is 1. The first-order chi connectivity index (χ1) is 16.9. The minimum atomic E-state index is -1.72. The molecule has 2 aliphatic rings. The second-order valence-corrected chi connectivity index (χ2v) is 9.31. The maximum Gasteiger partial charge on any atom is 0.241 e. The molecule has 2 aromatic heterocycles. The molecule has 3 aromatic rings. The van der Waals surface area contributed by atoms with Crippen LogP contribution in [0.5, 0.6) is 11.5 Å². The molecule has 3 heterocycles. The normalized spacial score (nSPS) is 20.4. The second kappa shape index (κ2) is 9.77. The summed E-state index contributed by atoms with van der Waals surface area (Å²) in [6, 6.07) is 7.02. The van der Waals surface area contributed by atoms with Crippen molar-refractivity contribution >= 4 is 11.4 Å². The van der Waals surface area contributed by atoms with Crippen molar-refractivity contribution in [3.8, 4) is 22.8 Å². The lowest BCUT2D eigenvalue weighted by atomic mass is 9.98. The van der Waals surface area contributed by atoms with Gasteiger partial charge in [0.1, 0.15) is 28.9 Å². The number of rotatable bonds is 11. The first kappa shape index (κ1) is 23.5. The summed E-state index contributed by atoms with van der Waals surface area (Å²) >= 11 is 0. The van der Waals surface area contributed by atoms with Gasteiger partial charge < -0.3 is 14.6 Å². The smallest absolute Gasteiger partial charge is 0.241 e. The molecule has 6 nitrogen and oxygen atoms in total. The number of ketones is 1. The van der Waals surface area contributed by atoms with Crippen LogP contribution in [-0.2, 0) is 4.74 Å². The highest BCUT2D eigenvalue weighted by Crippen LogP contribution is 2.40. The number of Topliss-reactive ketones (excluding diaryl/α,β-unsaturated/α-hetero) is 1. The highest BCUT2D eigenvalue weighted by Gasteiger charge is 2.36. The van der Waals surface area contributed by atoms with E-state index in [0.29, 0.717) is 49.7 Å². The van der Waals surface area contributed by atoms with Crippen molar-refractivity contribution in [2.45, 2.75) is 50.6 Å². The summed E-state index contributed by atoms with van der Waals surface area (Å²) in [5.41, 5.74) is 3.01. The molecule has 5 rings (SSSR count). The van der Waals surface area contributed by atoms with Crippen LogP contribution < -0.4 is 4.74 Å². The molecule has 0 spiro atoms. The summed E-state index contributed by atoms with van der Waals surface area (Å²) in [6.45, 7) is 4.91. The zero-order valence-corrected chi connectivity index (χ0v) is 19.3. The van der Waals surface area contributed by atoms with E-state index < -0.39 is 12.5 Å². The minimum Gasteiger partial charge on any atom is -0.507 e. The number of phenolic OH excluding ortho intramolecular Hbond substituents is 1. The van der Waals surface area contributed by atoms with Gasteiger partial charge in [-0.2, -0.15) is 0 Å². The van der Waals surface area contributed by atoms with Crippen LogP contribution in [0.3, 0.4) is 0 Å². The Labute approximate surface area is 202 Å². The Morgan fingerprint density at radius 2 is 2.17 bits per heavy atom. The van der Waals surface area contributed by atoms with Gasteiger partial charge in [0.25, 0.3) is 0 Å². The van der Waals surface area contributed by atoms with Gasteiger partial charge in [0, 0.05) is 30.5 Å². The summed E-state index contributed by atoms with van der Waals surface area (Å²) in [5, 5.41) is 10.8. The van der Waals surface area contributed by atoms with Gasteiger partial charge in [-0.1, -0.05) is 6.08 Å². The Hall–Kier alpha value is -3.26. The van der Waals surface area contributed by atoms with Crippen molar-refractivity contribution in [3.05, 3.63) is 60.4 Å². The van der Waals surface area contributed by atoms with Crippen molar-refractivity contribution in [1.29, 1.82) is 0 Å². The first-order valence-corrected chi connectivity index (χ1v) is 12.0. The summed E-state index contributed by atoms with van der Waals surface area (Å²) < 4.78 is 40.1. The van der Waals surface area contributed by atoms with Crippen molar-refractivity contribution in [2.24, 2.45) is 5.92 Å². The SMILES string of the molecule is C=CCC(F)Oc1cc(-c2cnc3cc(C4COC4)ccn23)cc(O)c1C(=O)CCC[C@@H]1C[C@@H]1F. The number of phenols is 1. The standard InChI is InChI=1S/C27H28F2N2O4/c1-2-4-25(29)35-24-11-18(10-23(33)27(24)22(32)6-3-5-17-9-20(17)28)21-13-30-26-12-16(7-8-31(21)26)19-14-34-15-19/h2,7-8,10-13,17,19-20,25,33H,1,3-6,9,14-15H2/t17-,20+,25?/m1/s1. The van der Waals surface area contributed by atoms with Crippen LogP contribution in [0, 0.1) is 5.92 Å². The van der Waals surface area contributed by atoms with Crippen molar-refractivity contribution in [2.75, 3.05) is 13.2 Å². The predicted octanol–water partition coefficient (Wildman–Crippen LogP) is 5.78. The summed E-state index contributed by atoms with van der Waals surface area (Å²) in [6.07, 6.45) is 4.16. The lowest BCUT2D eigenvalue weighted by Gasteiger charge is -2.26. The topological polar surface area (TPSA) is 73.1 Å². The van der Waals surface area contributed by atoms with Crippen LogP contribution in [0.4, 0.5) is 8.78 Å². The van der Waals surface area contributed by atoms with Crippen LogP contribution in [0.1, 0.15) is 53.9 Å². The van der Waals surface area contributed by atoms with Crippen molar-refractivity contribution < 1.29 is 28.2 Å². The average molecular weight is 483 g/mol. The molecule has 2 fully saturated rings. The van der Waals surface area contributed by atoms with Gasteiger partial charge in [0.15, 0.2) is 5.78 Å². The van der Waals surface area contributed by atoms with E-state index in [-0.39, 0.29) is 41.6 Å². The lowest BCUT2D eigenvalue weighted by molar-refractivity contribution is 0.00843. The molecule has 184 valence electrons. The molecule has 1 aliphatic heterocycles. The largest absolute Gasteiger partial charge is 0.507 e. The molecule has 0 bridgehead atoms. The molecule has 8 heteroatoms. The molecule has 1 saturated carbocycles. The van der Waals surface area contributed by atoms with E-state index in [1.807, 2.05) is 22.7 Å². The number of carbonyl (C=O) groups is 1. The number of nitrogens with zero attached hydrogens (tertiary/aromatic N) is 2. The summed E-state index contributed by atoms with van der Waals surface area (Å²) in [5.74, 6) is -0.314. The number of benzene rings is 1. The lowest BCUT2D eigenvalue weighted by Crippen LogP contribution is -2.25. The van der Waals surface area contributed by atoms with E-state index in [1.54, 1.807) is 12.3 Å². The molecule has 1 N–H and O–H groups in total. The van der Waals surface area contributed by atoms with Crippen LogP contribution in [0.2, 0.25) is 0 Å². The number of aromatic nitrogens is 2. The molecule has 1 aromatic carbocycles. The van der Waals surface area contributed by atoms with Crippen LogP contribution in [0.25, 0.3) is 16.9 Å². The maximum atomic E-state index is 14.4. The monoisotopic (exact) mass is 482 g/mol. The van der Waals surface area contributed by atoms with E-state index in [0.717, 1.165) is 11.2 Å². The van der Waals surface area contributed by atoms with E-state index in [9.17, 15) is 18.7 Å². The first-order valence-electron chi connectivity index (χ1n) is 12.0. The Bertz CT molecular complexity index is 1250. The molecule has 0 radical (unpaired) electrons. The van der Waals surface area contributed by atoms with Gasteiger partial charge >= 0.3 is 0 Å². The summed E-state index contributed by atoms with van der Waals surface area (Å²) in [4.78, 5) is 17.4. The van der Waals surface area contributed by atoms with Crippen molar-refractivity contribution in [3.63, 3.8) is 0 Å². The third kappa shape index (κ3) is 4.93. The fourth-order valence-corrected chi connectivity index (χ4v) is 4.49. The maximum absolute atomic E-state index is 14.4. The number of ether oxygens (including phenoxy) is 2. The van der Waals surface area contributed by atoms with Gasteiger partial charge in [-0.15, -0.1) is 6.58 Å². The summed E-state index contributed by atoms with van der Waals surface area (Å²) in [7, 11) is 0. The fourth-order valence-electron chi connectivity index (χ4n) is 4.49. The fraction of sp³-hybridized carbons (Fsp3) is 0.407. The van der Waals surface area contributed by atoms with Crippen LogP contribution in [0.15, 0.2) is 49.3 Å². The Balaban J connectivity index is 1.45. The van der Waals surface area contributed by atoms with Crippen molar-refractivity contribution in [1.82, 2.24) is 9.38 Å². The number of alkyl halides is 2. The van der Waals surface area contributed by atoms with Gasteiger partial charge in [0.2, 0.25) is 6.36 Å². The zero-order chi connectivity index (χ0) is 24.5. The molecule has 0 amide bonds. The number of halogens is 2. The average Bonchev–Trinajstić information content (AvgIpc) is 3.31. The molecule has 3 atom stereocenters. The Morgan fingerprint density at radius 1 is 1.37 bits per heavy atom. The van der Waals surface area contributed by atoms with E-state index in [4.69, 9.17) is 9.47 Å². The zero-order valence-electron chi connectivity index (χ0n) is 19.3. The number of imidazole rings is 1. The van der Waals surface area contributed by atoms with E-state index >= 15 is 0 Å². The van der Waals surface area contributed by atoms with Crippen LogP contribution >= 0.6 is 0 Å². The molecular weight excluding hydrogens is 454 g/mol. The number of hydrogen-bond acceptors (Lipinski definition) is 5. The number of hydrogen-bond donors (Lipinski definition) is 1. The Kier molecular flexibility index (Phi) is 6.56. The number of pyridine rings is 1. The number of carbonyl (C=O) groups excluding carboxylic acids is 1. The van der Waals surface area contributed by atoms with E-state index in [1.165, 1.54) is 12.1 Å². The third-order valence-corrected chi connectivity index (χ3v) is 6.72. The highest BCUT2D eigenvalue weighted by atomic mass is 19.1.